The topological polar surface area (TPSA) is 17.1 Å². The number of carbonyl (C=O) groups is 1. The molecule has 1 aromatic carbocycles. The Labute approximate surface area is 136 Å². The van der Waals surface area contributed by atoms with Crippen LogP contribution in [0.4, 0.5) is 0 Å². The molecule has 1 nitrogen and oxygen atoms in total. The second kappa shape index (κ2) is 5.83. The van der Waals surface area contributed by atoms with Crippen LogP contribution in [0.3, 0.4) is 0 Å². The predicted molar refractivity (Wildman–Crippen MR) is 94.6 cm³/mol. The quantitative estimate of drug-likeness (QED) is 0.684. The molecule has 0 unspecified atom stereocenters. The van der Waals surface area contributed by atoms with Crippen molar-refractivity contribution in [2.45, 2.75) is 85.5 Å². The van der Waals surface area contributed by atoms with Gasteiger partial charge in [0.25, 0.3) is 0 Å². The van der Waals surface area contributed by atoms with Gasteiger partial charge in [0.05, 0.1) is 0 Å². The smallest absolute Gasteiger partial charge is 0.137 e. The Kier molecular flexibility index (Phi) is 4.57. The second-order valence-electron chi connectivity index (χ2n) is 8.56. The summed E-state index contributed by atoms with van der Waals surface area (Å²) in [4.78, 5) is 12.1. The van der Waals surface area contributed by atoms with Crippen LogP contribution in [-0.4, -0.2) is 5.78 Å². The first-order chi connectivity index (χ1) is 10.1. The molecule has 1 aliphatic carbocycles. The van der Waals surface area contributed by atoms with Crippen LogP contribution in [0.2, 0.25) is 0 Å². The van der Waals surface area contributed by atoms with Crippen molar-refractivity contribution < 1.29 is 4.79 Å². The van der Waals surface area contributed by atoms with Crippen LogP contribution in [0.1, 0.15) is 88.5 Å². The van der Waals surface area contributed by atoms with Gasteiger partial charge in [-0.05, 0) is 73.1 Å². The van der Waals surface area contributed by atoms with Crippen LogP contribution in [0.25, 0.3) is 0 Å². The van der Waals surface area contributed by atoms with Gasteiger partial charge >= 0.3 is 0 Å². The van der Waals surface area contributed by atoms with Crippen LogP contribution in [-0.2, 0) is 10.2 Å². The standard InChI is InChI=1S/C21H32O/c1-14-9-10-18(19(15(14)2)16(3)17(4)22)21(7)12-8-11-20(5,6)13-21/h9-10,16H,8,11-13H2,1-7H3/t16-,21-/m0/s1. The van der Waals surface area contributed by atoms with Gasteiger partial charge < -0.3 is 0 Å². The fourth-order valence-electron chi connectivity index (χ4n) is 4.55. The van der Waals surface area contributed by atoms with E-state index in [0.717, 1.165) is 0 Å². The number of aryl methyl sites for hydroxylation is 1. The monoisotopic (exact) mass is 300 g/mol. The van der Waals surface area contributed by atoms with Crippen LogP contribution < -0.4 is 0 Å². The lowest BCUT2D eigenvalue weighted by molar-refractivity contribution is -0.118. The Bertz CT molecular complexity index is 582. The molecular formula is C21H32O. The molecule has 0 amide bonds. The van der Waals surface area contributed by atoms with Crippen molar-refractivity contribution in [3.8, 4) is 0 Å². The van der Waals surface area contributed by atoms with E-state index >= 15 is 0 Å². The van der Waals surface area contributed by atoms with Crippen LogP contribution in [0.15, 0.2) is 12.1 Å². The van der Waals surface area contributed by atoms with Crippen LogP contribution >= 0.6 is 0 Å². The maximum absolute atomic E-state index is 12.1. The van der Waals surface area contributed by atoms with Gasteiger partial charge in [-0.1, -0.05) is 46.2 Å². The maximum atomic E-state index is 12.1. The van der Waals surface area contributed by atoms with Crippen LogP contribution in [0.5, 0.6) is 0 Å². The van der Waals surface area contributed by atoms with Crippen molar-refractivity contribution in [3.63, 3.8) is 0 Å². The number of benzene rings is 1. The predicted octanol–water partition coefficient (Wildman–Crippen LogP) is 5.85. The zero-order valence-corrected chi connectivity index (χ0v) is 15.5. The maximum Gasteiger partial charge on any atom is 0.137 e. The average molecular weight is 300 g/mol. The van der Waals surface area contributed by atoms with E-state index in [2.05, 4.69) is 53.7 Å². The molecule has 2 rings (SSSR count). The molecule has 0 radical (unpaired) electrons. The average Bonchev–Trinajstić information content (AvgIpc) is 2.39. The number of hydrogen-bond donors (Lipinski definition) is 0. The van der Waals surface area contributed by atoms with E-state index in [1.807, 2.05) is 0 Å². The number of rotatable bonds is 3. The van der Waals surface area contributed by atoms with Crippen molar-refractivity contribution in [2.75, 3.05) is 0 Å². The zero-order chi connectivity index (χ0) is 16.7. The van der Waals surface area contributed by atoms with E-state index in [9.17, 15) is 4.79 Å². The van der Waals surface area contributed by atoms with Gasteiger partial charge in [0.1, 0.15) is 5.78 Å². The van der Waals surface area contributed by atoms with E-state index < -0.39 is 0 Å². The third-order valence-corrected chi connectivity index (χ3v) is 5.93. The normalized spacial score (nSPS) is 25.8. The largest absolute Gasteiger partial charge is 0.299 e. The Hall–Kier alpha value is -1.11. The molecule has 1 aliphatic rings. The molecule has 1 fully saturated rings. The van der Waals surface area contributed by atoms with Crippen molar-refractivity contribution in [1.82, 2.24) is 0 Å². The number of ketones is 1. The number of carbonyl (C=O) groups excluding carboxylic acids is 1. The Morgan fingerprint density at radius 1 is 1.14 bits per heavy atom. The first-order valence-electron chi connectivity index (χ1n) is 8.68. The van der Waals surface area contributed by atoms with E-state index in [1.165, 1.54) is 47.9 Å². The van der Waals surface area contributed by atoms with E-state index in [1.54, 1.807) is 6.92 Å². The van der Waals surface area contributed by atoms with E-state index in [-0.39, 0.29) is 17.1 Å². The van der Waals surface area contributed by atoms with E-state index in [4.69, 9.17) is 0 Å². The fourth-order valence-corrected chi connectivity index (χ4v) is 4.55. The van der Waals surface area contributed by atoms with Gasteiger partial charge in [0.15, 0.2) is 0 Å². The highest BCUT2D eigenvalue weighted by Gasteiger charge is 2.39. The van der Waals surface area contributed by atoms with Gasteiger partial charge in [-0.25, -0.2) is 0 Å². The summed E-state index contributed by atoms with van der Waals surface area (Å²) >= 11 is 0. The second-order valence-corrected chi connectivity index (χ2v) is 8.56. The minimum Gasteiger partial charge on any atom is -0.299 e. The van der Waals surface area contributed by atoms with Gasteiger partial charge in [0, 0.05) is 5.92 Å². The number of hydrogen-bond acceptors (Lipinski definition) is 1. The summed E-state index contributed by atoms with van der Waals surface area (Å²) in [6.07, 6.45) is 5.03. The Balaban J connectivity index is 2.60. The first-order valence-corrected chi connectivity index (χ1v) is 8.68. The Morgan fingerprint density at radius 2 is 1.77 bits per heavy atom. The molecule has 1 heteroatoms. The van der Waals surface area contributed by atoms with E-state index in [0.29, 0.717) is 5.41 Å². The molecule has 0 aliphatic heterocycles. The minimum atomic E-state index is -0.00300. The highest BCUT2D eigenvalue weighted by Crippen LogP contribution is 2.49. The summed E-state index contributed by atoms with van der Waals surface area (Å²) in [5.41, 5.74) is 5.91. The molecule has 0 spiro atoms. The third kappa shape index (κ3) is 3.14. The molecule has 22 heavy (non-hydrogen) atoms. The highest BCUT2D eigenvalue weighted by molar-refractivity contribution is 5.84. The molecule has 0 heterocycles. The lowest BCUT2D eigenvalue weighted by Crippen LogP contribution is -2.35. The van der Waals surface area contributed by atoms with Crippen LogP contribution in [0, 0.1) is 19.3 Å². The lowest BCUT2D eigenvalue weighted by atomic mass is 9.60. The summed E-state index contributed by atoms with van der Waals surface area (Å²) in [7, 11) is 0. The molecule has 1 saturated carbocycles. The molecular weight excluding hydrogens is 268 g/mol. The van der Waals surface area contributed by atoms with Crippen molar-refractivity contribution >= 4 is 5.78 Å². The summed E-state index contributed by atoms with van der Waals surface area (Å²) in [6, 6.07) is 4.55. The van der Waals surface area contributed by atoms with Crippen molar-refractivity contribution in [1.29, 1.82) is 0 Å². The molecule has 0 bridgehead atoms. The van der Waals surface area contributed by atoms with Gasteiger partial charge in [-0.2, -0.15) is 0 Å². The van der Waals surface area contributed by atoms with Crippen molar-refractivity contribution in [2.24, 2.45) is 5.41 Å². The lowest BCUT2D eigenvalue weighted by Gasteiger charge is -2.45. The minimum absolute atomic E-state index is 0.00300. The molecule has 0 aromatic heterocycles. The van der Waals surface area contributed by atoms with Gasteiger partial charge in [-0.3, -0.25) is 4.79 Å². The molecule has 0 saturated heterocycles. The number of Topliss-reactive ketones (excluding diaryl/α,β-unsaturated/α-hetero) is 1. The fraction of sp³-hybridized carbons (Fsp3) is 0.667. The molecule has 122 valence electrons. The van der Waals surface area contributed by atoms with Gasteiger partial charge in [0.2, 0.25) is 0 Å². The third-order valence-electron chi connectivity index (χ3n) is 5.93. The van der Waals surface area contributed by atoms with Gasteiger partial charge in [-0.15, -0.1) is 0 Å². The SMILES string of the molecule is CC(=O)[C@H](C)c1c([C@@]2(C)CCCC(C)(C)C2)ccc(C)c1C. The first kappa shape index (κ1) is 17.2. The zero-order valence-electron chi connectivity index (χ0n) is 15.5. The molecule has 1 aromatic rings. The summed E-state index contributed by atoms with van der Waals surface area (Å²) in [6.45, 7) is 15.3. The summed E-state index contributed by atoms with van der Waals surface area (Å²) in [5, 5.41) is 0. The summed E-state index contributed by atoms with van der Waals surface area (Å²) < 4.78 is 0. The summed E-state index contributed by atoms with van der Waals surface area (Å²) in [5.74, 6) is 0.269. The molecule has 2 atom stereocenters. The molecule has 0 N–H and O–H groups in total. The Morgan fingerprint density at radius 3 is 2.32 bits per heavy atom. The van der Waals surface area contributed by atoms with Crippen molar-refractivity contribution in [3.05, 3.63) is 34.4 Å². The highest BCUT2D eigenvalue weighted by atomic mass is 16.1.